The maximum absolute atomic E-state index is 12.9. The number of halogens is 3. The van der Waals surface area contributed by atoms with Gasteiger partial charge in [-0.1, -0.05) is 18.2 Å². The predicted octanol–water partition coefficient (Wildman–Crippen LogP) is 4.19. The number of H-pyrrole nitrogens is 1. The van der Waals surface area contributed by atoms with Crippen molar-refractivity contribution in [1.29, 1.82) is 0 Å². The van der Waals surface area contributed by atoms with Gasteiger partial charge in [-0.3, -0.25) is 9.89 Å². The van der Waals surface area contributed by atoms with Crippen molar-refractivity contribution in [3.8, 4) is 0 Å². The maximum atomic E-state index is 12.9. The van der Waals surface area contributed by atoms with E-state index in [0.717, 1.165) is 24.1 Å². The van der Waals surface area contributed by atoms with Gasteiger partial charge in [0, 0.05) is 11.9 Å². The number of anilines is 1. The van der Waals surface area contributed by atoms with Gasteiger partial charge in [-0.05, 0) is 48.6 Å². The molecule has 1 amide bonds. The molecule has 2 unspecified atom stereocenters. The molecule has 1 aromatic heterocycles. The summed E-state index contributed by atoms with van der Waals surface area (Å²) in [4.78, 5) is 12.3. The fourth-order valence-electron chi connectivity index (χ4n) is 3.42. The Balaban J connectivity index is 1.56. The van der Waals surface area contributed by atoms with Crippen molar-refractivity contribution in [3.05, 3.63) is 47.3 Å². The van der Waals surface area contributed by atoms with Crippen LogP contribution in [0.25, 0.3) is 0 Å². The minimum absolute atomic E-state index is 0.403. The van der Waals surface area contributed by atoms with Crippen LogP contribution in [0.1, 0.15) is 46.8 Å². The van der Waals surface area contributed by atoms with Gasteiger partial charge in [-0.2, -0.15) is 18.3 Å². The van der Waals surface area contributed by atoms with Crippen molar-refractivity contribution < 1.29 is 18.0 Å². The summed E-state index contributed by atoms with van der Waals surface area (Å²) < 4.78 is 38.6. The zero-order valence-electron chi connectivity index (χ0n) is 12.7. The van der Waals surface area contributed by atoms with E-state index in [1.54, 1.807) is 12.1 Å². The van der Waals surface area contributed by atoms with Crippen molar-refractivity contribution in [2.45, 2.75) is 31.4 Å². The van der Waals surface area contributed by atoms with Gasteiger partial charge in [0.2, 0.25) is 0 Å². The van der Waals surface area contributed by atoms with Gasteiger partial charge in [0.1, 0.15) is 0 Å². The lowest BCUT2D eigenvalue weighted by molar-refractivity contribution is -0.141. The summed E-state index contributed by atoms with van der Waals surface area (Å²) in [6.07, 6.45) is -0.0684. The van der Waals surface area contributed by atoms with Crippen LogP contribution in [-0.2, 0) is 6.18 Å². The van der Waals surface area contributed by atoms with E-state index in [1.165, 1.54) is 12.8 Å². The first-order valence-electron chi connectivity index (χ1n) is 7.96. The Hall–Kier alpha value is -2.31. The second-order valence-corrected chi connectivity index (χ2v) is 6.53. The van der Waals surface area contributed by atoms with Crippen molar-refractivity contribution in [2.24, 2.45) is 11.8 Å². The number of aromatic amines is 1. The van der Waals surface area contributed by atoms with E-state index in [2.05, 4.69) is 15.5 Å². The van der Waals surface area contributed by atoms with Gasteiger partial charge >= 0.3 is 6.18 Å². The van der Waals surface area contributed by atoms with Crippen LogP contribution in [0.2, 0.25) is 0 Å². The maximum Gasteiger partial charge on any atom is 0.435 e. The summed E-state index contributed by atoms with van der Waals surface area (Å²) in [6, 6.07) is 7.35. The monoisotopic (exact) mass is 335 g/mol. The number of hydrogen-bond acceptors (Lipinski definition) is 2. The molecule has 2 N–H and O–H groups in total. The molecule has 24 heavy (non-hydrogen) atoms. The van der Waals surface area contributed by atoms with Gasteiger partial charge in [-0.15, -0.1) is 0 Å². The number of aromatic nitrogens is 2. The topological polar surface area (TPSA) is 57.8 Å². The molecule has 0 aliphatic heterocycles. The molecule has 0 saturated heterocycles. The van der Waals surface area contributed by atoms with Crippen LogP contribution in [0.3, 0.4) is 0 Å². The highest BCUT2D eigenvalue weighted by Gasteiger charge is 2.48. The van der Waals surface area contributed by atoms with Crippen LogP contribution >= 0.6 is 0 Å². The molecule has 4 rings (SSSR count). The highest BCUT2D eigenvalue weighted by molar-refractivity contribution is 6.05. The van der Waals surface area contributed by atoms with Crippen LogP contribution < -0.4 is 5.32 Å². The molecule has 2 aromatic rings. The molecule has 1 heterocycles. The van der Waals surface area contributed by atoms with E-state index in [1.807, 2.05) is 12.1 Å². The number of para-hydroxylation sites is 1. The highest BCUT2D eigenvalue weighted by atomic mass is 19.4. The molecule has 0 bridgehead atoms. The second kappa shape index (κ2) is 5.36. The quantitative estimate of drug-likeness (QED) is 0.880. The number of amides is 1. The van der Waals surface area contributed by atoms with Crippen molar-refractivity contribution in [1.82, 2.24) is 10.2 Å². The first-order chi connectivity index (χ1) is 11.4. The Bertz CT molecular complexity index is 779. The average molecular weight is 335 g/mol. The zero-order valence-corrected chi connectivity index (χ0v) is 12.7. The van der Waals surface area contributed by atoms with Gasteiger partial charge in [0.05, 0.1) is 5.56 Å². The van der Waals surface area contributed by atoms with Gasteiger partial charge in [0.15, 0.2) is 5.69 Å². The summed E-state index contributed by atoms with van der Waals surface area (Å²) in [5.74, 6) is 1.04. The van der Waals surface area contributed by atoms with Crippen LogP contribution in [0, 0.1) is 11.8 Å². The molecule has 1 aromatic carbocycles. The number of nitrogens with zero attached hydrogens (tertiary/aromatic N) is 1. The Kier molecular flexibility index (Phi) is 3.40. The second-order valence-electron chi connectivity index (χ2n) is 6.53. The van der Waals surface area contributed by atoms with E-state index in [4.69, 9.17) is 0 Å². The Morgan fingerprint density at radius 3 is 2.71 bits per heavy atom. The normalized spacial score (nSPS) is 23.1. The standard InChI is InChI=1S/C17H16F3N3O/c18-17(19,20)15-13(8-21-23-15)16(24)22-14-4-2-1-3-10(14)12-7-11(12)9-5-6-9/h1-4,8-9,11-12H,5-7H2,(H,21,23)(H,22,24). The van der Waals surface area contributed by atoms with Crippen LogP contribution in [-0.4, -0.2) is 16.1 Å². The van der Waals surface area contributed by atoms with E-state index in [-0.39, 0.29) is 0 Å². The Morgan fingerprint density at radius 2 is 2.00 bits per heavy atom. The molecule has 0 spiro atoms. The summed E-state index contributed by atoms with van der Waals surface area (Å²) in [7, 11) is 0. The van der Waals surface area contributed by atoms with Gasteiger partial charge in [0.25, 0.3) is 5.91 Å². The molecule has 4 nitrogen and oxygen atoms in total. The number of carbonyl (C=O) groups is 1. The number of alkyl halides is 3. The summed E-state index contributed by atoms with van der Waals surface area (Å²) >= 11 is 0. The molecule has 2 saturated carbocycles. The minimum Gasteiger partial charge on any atom is -0.322 e. The van der Waals surface area contributed by atoms with Crippen molar-refractivity contribution >= 4 is 11.6 Å². The van der Waals surface area contributed by atoms with Gasteiger partial charge in [-0.25, -0.2) is 0 Å². The summed E-state index contributed by atoms with van der Waals surface area (Å²) in [5.41, 5.74) is -0.0867. The third kappa shape index (κ3) is 2.79. The summed E-state index contributed by atoms with van der Waals surface area (Å²) in [6.45, 7) is 0. The Labute approximate surface area is 136 Å². The third-order valence-electron chi connectivity index (χ3n) is 4.83. The fourth-order valence-corrected chi connectivity index (χ4v) is 3.42. The van der Waals surface area contributed by atoms with Crippen LogP contribution in [0.4, 0.5) is 18.9 Å². The summed E-state index contributed by atoms with van der Waals surface area (Å²) in [5, 5.41) is 7.90. The molecule has 2 atom stereocenters. The molecule has 2 aliphatic rings. The molecular weight excluding hydrogens is 319 g/mol. The van der Waals surface area contributed by atoms with Crippen molar-refractivity contribution in [2.75, 3.05) is 5.32 Å². The molecule has 2 fully saturated rings. The lowest BCUT2D eigenvalue weighted by Gasteiger charge is -2.11. The Morgan fingerprint density at radius 1 is 1.25 bits per heavy atom. The third-order valence-corrected chi connectivity index (χ3v) is 4.83. The van der Waals surface area contributed by atoms with E-state index >= 15 is 0 Å². The number of benzene rings is 1. The SMILES string of the molecule is O=C(Nc1ccccc1C1CC1C1CC1)c1c[nH]nc1C(F)(F)F. The van der Waals surface area contributed by atoms with Crippen molar-refractivity contribution in [3.63, 3.8) is 0 Å². The minimum atomic E-state index is -4.67. The molecule has 7 heteroatoms. The number of rotatable bonds is 4. The van der Waals surface area contributed by atoms with E-state index < -0.39 is 23.3 Å². The first kappa shape index (κ1) is 15.2. The lowest BCUT2D eigenvalue weighted by atomic mass is 10.0. The lowest BCUT2D eigenvalue weighted by Crippen LogP contribution is -2.18. The number of nitrogens with one attached hydrogen (secondary N) is 2. The van der Waals surface area contributed by atoms with Crippen LogP contribution in [0.15, 0.2) is 30.5 Å². The smallest absolute Gasteiger partial charge is 0.322 e. The van der Waals surface area contributed by atoms with Gasteiger partial charge < -0.3 is 5.32 Å². The average Bonchev–Trinajstić information content (AvgIpc) is 3.43. The molecule has 2 aliphatic carbocycles. The van der Waals surface area contributed by atoms with E-state index in [0.29, 0.717) is 17.5 Å². The number of hydrogen-bond donors (Lipinski definition) is 2. The molecule has 126 valence electrons. The molecule has 0 radical (unpaired) electrons. The van der Waals surface area contributed by atoms with E-state index in [9.17, 15) is 18.0 Å². The zero-order chi connectivity index (χ0) is 16.9. The predicted molar refractivity (Wildman–Crippen MR) is 81.6 cm³/mol. The number of carbonyl (C=O) groups excluding carboxylic acids is 1. The highest BCUT2D eigenvalue weighted by Crippen LogP contribution is 2.60. The fraction of sp³-hybridized carbons (Fsp3) is 0.412. The first-order valence-corrected chi connectivity index (χ1v) is 7.96. The van der Waals surface area contributed by atoms with Crippen LogP contribution in [0.5, 0.6) is 0 Å². The molecular formula is C17H16F3N3O. The largest absolute Gasteiger partial charge is 0.435 e.